The van der Waals surface area contributed by atoms with Crippen LogP contribution in [0.15, 0.2) is 76.3 Å². The van der Waals surface area contributed by atoms with Crippen molar-refractivity contribution in [2.45, 2.75) is 44.6 Å². The van der Waals surface area contributed by atoms with Crippen molar-refractivity contribution in [2.75, 3.05) is 0 Å². The zero-order valence-corrected chi connectivity index (χ0v) is 27.2. The number of hydrogen-bond donors (Lipinski definition) is 0. The van der Waals surface area contributed by atoms with Crippen LogP contribution < -0.4 is 10.3 Å². The second-order valence-electron chi connectivity index (χ2n) is 9.17. The molecule has 196 valence electrons. The second-order valence-corrected chi connectivity index (χ2v) is 13.1. The van der Waals surface area contributed by atoms with Crippen LogP contribution in [0.3, 0.4) is 0 Å². The van der Waals surface area contributed by atoms with Crippen LogP contribution in [0.2, 0.25) is 5.02 Å². The van der Waals surface area contributed by atoms with Crippen molar-refractivity contribution in [1.82, 2.24) is 9.66 Å². The SMILES string of the molecule is O=c1c2cc(Br)ccc2nc(C2CCCCC2)n1N=Cc1cc(Cl)c(OCc2ccc(Br)cc2Br)c(Br)c1. The molecule has 5 rings (SSSR count). The minimum atomic E-state index is -0.182. The molecule has 0 radical (unpaired) electrons. The fraction of sp³-hybridized carbons (Fsp3) is 0.250. The highest BCUT2D eigenvalue weighted by Gasteiger charge is 2.22. The van der Waals surface area contributed by atoms with Crippen LogP contribution >= 0.6 is 75.3 Å². The molecule has 3 aromatic carbocycles. The molecule has 0 bridgehead atoms. The Labute approximate surface area is 259 Å². The van der Waals surface area contributed by atoms with Crippen LogP contribution in [-0.2, 0) is 6.61 Å². The number of nitrogens with zero attached hydrogens (tertiary/aromatic N) is 3. The fourth-order valence-corrected chi connectivity index (χ4v) is 7.12. The van der Waals surface area contributed by atoms with Crippen molar-refractivity contribution in [3.63, 3.8) is 0 Å². The molecular weight excluding hydrogens is 765 g/mol. The monoisotopic (exact) mass is 783 g/mol. The lowest BCUT2D eigenvalue weighted by Gasteiger charge is -2.22. The third-order valence-corrected chi connectivity index (χ3v) is 9.13. The van der Waals surface area contributed by atoms with Gasteiger partial charge in [0.2, 0.25) is 0 Å². The first-order chi connectivity index (χ1) is 18.3. The first-order valence-electron chi connectivity index (χ1n) is 12.1. The van der Waals surface area contributed by atoms with E-state index >= 15 is 0 Å². The van der Waals surface area contributed by atoms with E-state index in [0.29, 0.717) is 38.6 Å². The first kappa shape index (κ1) is 28.0. The molecule has 4 aromatic rings. The molecule has 0 spiro atoms. The van der Waals surface area contributed by atoms with E-state index in [-0.39, 0.29) is 11.5 Å². The zero-order valence-electron chi connectivity index (χ0n) is 20.1. The summed E-state index contributed by atoms with van der Waals surface area (Å²) in [5.41, 5.74) is 2.23. The van der Waals surface area contributed by atoms with Gasteiger partial charge in [-0.1, -0.05) is 84.7 Å². The highest BCUT2D eigenvalue weighted by Crippen LogP contribution is 2.36. The largest absolute Gasteiger partial charge is 0.486 e. The van der Waals surface area contributed by atoms with Gasteiger partial charge in [0.15, 0.2) is 5.75 Å². The minimum Gasteiger partial charge on any atom is -0.486 e. The predicted octanol–water partition coefficient (Wildman–Crippen LogP) is 9.61. The van der Waals surface area contributed by atoms with Gasteiger partial charge in [-0.05, 0) is 76.8 Å². The number of benzene rings is 3. The van der Waals surface area contributed by atoms with Crippen molar-refractivity contribution in [3.8, 4) is 5.75 Å². The van der Waals surface area contributed by atoms with E-state index in [1.54, 1.807) is 18.3 Å². The average Bonchev–Trinajstić information content (AvgIpc) is 2.89. The van der Waals surface area contributed by atoms with Crippen LogP contribution in [0.1, 0.15) is 55.0 Å². The summed E-state index contributed by atoms with van der Waals surface area (Å²) in [5, 5.41) is 5.59. The lowest BCUT2D eigenvalue weighted by molar-refractivity contribution is 0.303. The van der Waals surface area contributed by atoms with E-state index in [1.807, 2.05) is 36.4 Å². The number of fused-ring (bicyclic) bond motifs is 1. The lowest BCUT2D eigenvalue weighted by Crippen LogP contribution is -2.25. The number of halogens is 5. The van der Waals surface area contributed by atoms with Gasteiger partial charge in [-0.2, -0.15) is 9.78 Å². The molecule has 0 saturated heterocycles. The molecule has 0 amide bonds. The Hall–Kier alpha value is -1.52. The Morgan fingerprint density at radius 1 is 0.974 bits per heavy atom. The maximum Gasteiger partial charge on any atom is 0.282 e. The third kappa shape index (κ3) is 6.28. The Balaban J connectivity index is 1.47. The van der Waals surface area contributed by atoms with Gasteiger partial charge in [0, 0.05) is 24.9 Å². The molecule has 1 aliphatic rings. The molecule has 38 heavy (non-hydrogen) atoms. The second kappa shape index (κ2) is 12.3. The number of ether oxygens (including phenoxy) is 1. The summed E-state index contributed by atoms with van der Waals surface area (Å²) in [7, 11) is 0. The van der Waals surface area contributed by atoms with Gasteiger partial charge >= 0.3 is 0 Å². The van der Waals surface area contributed by atoms with Crippen molar-refractivity contribution >= 4 is 92.4 Å². The molecular formula is C28H22Br4ClN3O2. The van der Waals surface area contributed by atoms with Crippen LogP contribution in [-0.4, -0.2) is 15.9 Å². The van der Waals surface area contributed by atoms with Gasteiger partial charge in [-0.25, -0.2) is 4.98 Å². The van der Waals surface area contributed by atoms with Gasteiger partial charge in [-0.15, -0.1) is 0 Å². The van der Waals surface area contributed by atoms with Crippen LogP contribution in [0.25, 0.3) is 10.9 Å². The quantitative estimate of drug-likeness (QED) is 0.183. The summed E-state index contributed by atoms with van der Waals surface area (Å²) in [5.74, 6) is 1.45. The van der Waals surface area contributed by atoms with Crippen LogP contribution in [0.4, 0.5) is 0 Å². The molecule has 0 atom stereocenters. The number of aromatic nitrogens is 2. The molecule has 0 unspecified atom stereocenters. The molecule has 1 aliphatic carbocycles. The first-order valence-corrected chi connectivity index (χ1v) is 15.7. The summed E-state index contributed by atoms with van der Waals surface area (Å²) in [6, 6.07) is 15.1. The van der Waals surface area contributed by atoms with Crippen molar-refractivity contribution < 1.29 is 4.74 Å². The summed E-state index contributed by atoms with van der Waals surface area (Å²) in [4.78, 5) is 18.4. The van der Waals surface area contributed by atoms with E-state index in [2.05, 4.69) is 68.8 Å². The standard InChI is InChI=1S/C28H22Br4ClN3O2/c29-19-8-9-25-21(12-19)28(37)36(27(35-25)17-4-2-1-3-5-17)34-14-16-10-23(32)26(24(33)11-16)38-15-18-6-7-20(30)13-22(18)31/h6-14,17H,1-5,15H2. The van der Waals surface area contributed by atoms with Gasteiger partial charge in [0.05, 0.1) is 26.6 Å². The summed E-state index contributed by atoms with van der Waals surface area (Å²) in [6.45, 7) is 0.345. The summed E-state index contributed by atoms with van der Waals surface area (Å²) >= 11 is 20.7. The zero-order chi connectivity index (χ0) is 26.8. The Bertz CT molecular complexity index is 1580. The van der Waals surface area contributed by atoms with E-state index < -0.39 is 0 Å². The Morgan fingerprint density at radius 2 is 1.71 bits per heavy atom. The smallest absolute Gasteiger partial charge is 0.282 e. The van der Waals surface area contributed by atoms with Gasteiger partial charge in [0.25, 0.3) is 5.56 Å². The highest BCUT2D eigenvalue weighted by molar-refractivity contribution is 9.11. The van der Waals surface area contributed by atoms with Crippen LogP contribution in [0.5, 0.6) is 5.75 Å². The topological polar surface area (TPSA) is 56.5 Å². The van der Waals surface area contributed by atoms with E-state index in [4.69, 9.17) is 21.3 Å². The van der Waals surface area contributed by atoms with E-state index in [9.17, 15) is 4.79 Å². The maximum absolute atomic E-state index is 13.5. The minimum absolute atomic E-state index is 0.182. The fourth-order valence-electron chi connectivity index (χ4n) is 4.61. The molecule has 5 nitrogen and oxygen atoms in total. The van der Waals surface area contributed by atoms with Gasteiger partial charge in [-0.3, -0.25) is 4.79 Å². The number of rotatable bonds is 6. The van der Waals surface area contributed by atoms with Crippen LogP contribution in [0, 0.1) is 0 Å². The summed E-state index contributed by atoms with van der Waals surface area (Å²) < 4.78 is 10.9. The molecule has 1 fully saturated rings. The van der Waals surface area contributed by atoms with E-state index in [1.165, 1.54) is 11.1 Å². The third-order valence-electron chi connectivity index (χ3n) is 6.53. The predicted molar refractivity (Wildman–Crippen MR) is 168 cm³/mol. The molecule has 0 N–H and O–H groups in total. The number of hydrogen-bond acceptors (Lipinski definition) is 4. The molecule has 10 heteroatoms. The molecule has 1 aromatic heterocycles. The van der Waals surface area contributed by atoms with Crippen molar-refractivity contribution in [2.24, 2.45) is 5.10 Å². The highest BCUT2D eigenvalue weighted by atomic mass is 79.9. The maximum atomic E-state index is 13.5. The average molecular weight is 788 g/mol. The molecule has 1 heterocycles. The van der Waals surface area contributed by atoms with Crippen molar-refractivity contribution in [3.05, 3.63) is 98.7 Å². The van der Waals surface area contributed by atoms with E-state index in [0.717, 1.165) is 50.2 Å². The molecule has 1 saturated carbocycles. The Kier molecular flexibility index (Phi) is 9.10. The van der Waals surface area contributed by atoms with Gasteiger partial charge < -0.3 is 4.74 Å². The lowest BCUT2D eigenvalue weighted by atomic mass is 9.88. The normalized spacial score (nSPS) is 14.4. The molecule has 0 aliphatic heterocycles. The van der Waals surface area contributed by atoms with Crippen molar-refractivity contribution in [1.29, 1.82) is 0 Å². The van der Waals surface area contributed by atoms with Gasteiger partial charge in [0.1, 0.15) is 12.4 Å². The Morgan fingerprint density at radius 3 is 2.45 bits per heavy atom. The summed E-state index contributed by atoms with van der Waals surface area (Å²) in [6.07, 6.45) is 7.12.